The van der Waals surface area contributed by atoms with E-state index in [1.165, 1.54) is 25.6 Å². The lowest BCUT2D eigenvalue weighted by atomic mass is 9.61. The molecule has 15 heteroatoms. The van der Waals surface area contributed by atoms with Crippen LogP contribution < -0.4 is 16.3 Å². The van der Waals surface area contributed by atoms with Crippen LogP contribution in [-0.2, 0) is 34.7 Å². The van der Waals surface area contributed by atoms with Gasteiger partial charge in [-0.1, -0.05) is 96.2 Å². The second-order valence-electron chi connectivity index (χ2n) is 11.3. The van der Waals surface area contributed by atoms with Crippen molar-refractivity contribution in [2.75, 3.05) is 40.1 Å². The SMILES string of the molecule is CON(OC)c1nc2c(ncn2[C@@]2(C(c3ccccc3)(c3ccccc3)c3ccccc3)C[C@H](O)[C@@H](COP(N)ON(C)C)O2)c(=O)[nH]1. The summed E-state index contributed by atoms with van der Waals surface area (Å²) in [5.41, 5.74) is 5.72. The van der Waals surface area contributed by atoms with Gasteiger partial charge in [0.2, 0.25) is 0 Å². The first-order chi connectivity index (χ1) is 23.2. The molecular formula is C33H38N7O7P. The zero-order valence-corrected chi connectivity index (χ0v) is 27.9. The quantitative estimate of drug-likeness (QED) is 0.0947. The first-order valence-electron chi connectivity index (χ1n) is 15.2. The maximum absolute atomic E-state index is 13.5. The number of imidazole rings is 1. The third-order valence-electron chi connectivity index (χ3n) is 8.37. The Kier molecular flexibility index (Phi) is 9.99. The normalized spacial score (nSPS) is 20.4. The highest BCUT2D eigenvalue weighted by Gasteiger charge is 2.63. The summed E-state index contributed by atoms with van der Waals surface area (Å²) >= 11 is 0. The lowest BCUT2D eigenvalue weighted by molar-refractivity contribution is -0.141. The van der Waals surface area contributed by atoms with Crippen LogP contribution in [0.25, 0.3) is 11.2 Å². The number of aromatic nitrogens is 4. The Bertz CT molecular complexity index is 1760. The predicted molar refractivity (Wildman–Crippen MR) is 179 cm³/mol. The van der Waals surface area contributed by atoms with Crippen molar-refractivity contribution in [3.8, 4) is 0 Å². The summed E-state index contributed by atoms with van der Waals surface area (Å²) in [7, 11) is 4.35. The number of aromatic amines is 1. The number of hydrogen-bond acceptors (Lipinski definition) is 12. The maximum Gasteiger partial charge on any atom is 0.280 e. The van der Waals surface area contributed by atoms with Crippen molar-refractivity contribution in [1.29, 1.82) is 0 Å². The van der Waals surface area contributed by atoms with E-state index in [9.17, 15) is 9.90 Å². The van der Waals surface area contributed by atoms with Crippen LogP contribution in [-0.4, -0.2) is 76.8 Å². The summed E-state index contributed by atoms with van der Waals surface area (Å²) in [6, 6.07) is 29.7. The van der Waals surface area contributed by atoms with Gasteiger partial charge in [-0.3, -0.25) is 19.8 Å². The molecule has 1 aliphatic heterocycles. The van der Waals surface area contributed by atoms with Gasteiger partial charge in [-0.2, -0.15) is 10.0 Å². The lowest BCUT2D eigenvalue weighted by Gasteiger charge is -2.50. The Labute approximate surface area is 278 Å². The van der Waals surface area contributed by atoms with E-state index in [-0.39, 0.29) is 30.1 Å². The highest BCUT2D eigenvalue weighted by Crippen LogP contribution is 2.57. The van der Waals surface area contributed by atoms with Crippen LogP contribution in [0.4, 0.5) is 5.95 Å². The fourth-order valence-corrected chi connectivity index (χ4v) is 7.25. The number of aliphatic hydroxyl groups excluding tert-OH is 1. The van der Waals surface area contributed by atoms with Crippen LogP contribution in [0.1, 0.15) is 23.1 Å². The van der Waals surface area contributed by atoms with E-state index < -0.39 is 37.4 Å². The van der Waals surface area contributed by atoms with Gasteiger partial charge in [-0.15, -0.1) is 0 Å². The highest BCUT2D eigenvalue weighted by molar-refractivity contribution is 7.44. The van der Waals surface area contributed by atoms with E-state index in [1.54, 1.807) is 18.7 Å². The number of fused-ring (bicyclic) bond motifs is 1. The molecule has 0 aliphatic carbocycles. The molecule has 3 heterocycles. The molecule has 0 bridgehead atoms. The molecule has 252 valence electrons. The minimum absolute atomic E-state index is 0.0211. The van der Waals surface area contributed by atoms with Crippen molar-refractivity contribution in [3.63, 3.8) is 0 Å². The average molecular weight is 676 g/mol. The molecule has 5 aromatic rings. The molecule has 0 amide bonds. The standard InChI is InChI=1S/C33H38N7O7P/c1-38(2)47-48(34)45-21-27-26(41)20-32(46-27,39-22-35-28-29(39)36-31(37-30(28)42)40(43-3)44-4)33(23-14-8-5-9-15-23,24-16-10-6-11-17-24)25-18-12-7-13-19-25/h5-19,22,26-27,41H,20-21,34H2,1-4H3,(H,36,37,42)/t26-,27+,32-,48?/m0/s1. The van der Waals surface area contributed by atoms with Gasteiger partial charge in [-0.25, -0.2) is 19.3 Å². The highest BCUT2D eigenvalue weighted by atomic mass is 31.2. The Morgan fingerprint density at radius 2 is 1.54 bits per heavy atom. The number of benzene rings is 3. The van der Waals surface area contributed by atoms with Gasteiger partial charge < -0.3 is 14.4 Å². The maximum atomic E-state index is 13.5. The van der Waals surface area contributed by atoms with Gasteiger partial charge in [0.15, 0.2) is 16.9 Å². The largest absolute Gasteiger partial charge is 0.390 e. The van der Waals surface area contributed by atoms with Crippen LogP contribution in [0.3, 0.4) is 0 Å². The molecule has 48 heavy (non-hydrogen) atoms. The zero-order valence-electron chi connectivity index (χ0n) is 27.0. The Morgan fingerprint density at radius 1 is 1.00 bits per heavy atom. The molecule has 3 aromatic carbocycles. The van der Waals surface area contributed by atoms with Crippen LogP contribution in [0.2, 0.25) is 0 Å². The molecule has 0 radical (unpaired) electrons. The Morgan fingerprint density at radius 3 is 2.04 bits per heavy atom. The number of anilines is 1. The van der Waals surface area contributed by atoms with Gasteiger partial charge in [-0.05, 0) is 16.7 Å². The molecule has 0 spiro atoms. The van der Waals surface area contributed by atoms with Crippen LogP contribution in [0.5, 0.6) is 0 Å². The van der Waals surface area contributed by atoms with Crippen molar-refractivity contribution in [1.82, 2.24) is 24.6 Å². The van der Waals surface area contributed by atoms with Gasteiger partial charge in [0.05, 0.1) is 38.7 Å². The summed E-state index contributed by atoms with van der Waals surface area (Å²) < 4.78 is 20.3. The monoisotopic (exact) mass is 675 g/mol. The third kappa shape index (κ3) is 5.92. The van der Waals surface area contributed by atoms with E-state index in [4.69, 9.17) is 34.0 Å². The van der Waals surface area contributed by atoms with E-state index in [2.05, 4.69) is 9.97 Å². The van der Waals surface area contributed by atoms with Crippen molar-refractivity contribution in [3.05, 3.63) is 124 Å². The van der Waals surface area contributed by atoms with Crippen LogP contribution >= 0.6 is 8.53 Å². The van der Waals surface area contributed by atoms with Gasteiger partial charge in [0, 0.05) is 20.5 Å². The molecule has 4 atom stereocenters. The van der Waals surface area contributed by atoms with Gasteiger partial charge in [0.25, 0.3) is 20.0 Å². The third-order valence-corrected chi connectivity index (χ3v) is 9.26. The summed E-state index contributed by atoms with van der Waals surface area (Å²) in [4.78, 5) is 36.0. The summed E-state index contributed by atoms with van der Waals surface area (Å²) in [6.45, 7) is -0.0829. The summed E-state index contributed by atoms with van der Waals surface area (Å²) in [5, 5.41) is 14.3. The van der Waals surface area contributed by atoms with Gasteiger partial charge in [0.1, 0.15) is 6.10 Å². The average Bonchev–Trinajstić information content (AvgIpc) is 3.68. The molecule has 1 saturated heterocycles. The van der Waals surface area contributed by atoms with Crippen molar-refractivity contribution in [2.45, 2.75) is 29.8 Å². The van der Waals surface area contributed by atoms with Crippen molar-refractivity contribution in [2.24, 2.45) is 5.50 Å². The molecule has 0 saturated carbocycles. The molecule has 2 aromatic heterocycles. The fraction of sp³-hybridized carbons (Fsp3) is 0.303. The summed E-state index contributed by atoms with van der Waals surface area (Å²) in [6.07, 6.45) is -0.389. The molecule has 1 unspecified atom stereocenters. The number of hydroxylamine groups is 2. The molecule has 1 fully saturated rings. The number of hydrogen-bond donors (Lipinski definition) is 3. The Hall–Kier alpha value is -4.08. The Balaban J connectivity index is 1.68. The molecule has 1 aliphatic rings. The van der Waals surface area contributed by atoms with E-state index in [1.807, 2.05) is 91.0 Å². The predicted octanol–water partition coefficient (Wildman–Crippen LogP) is 3.58. The topological polar surface area (TPSA) is 162 Å². The minimum Gasteiger partial charge on any atom is -0.390 e. The van der Waals surface area contributed by atoms with Gasteiger partial charge >= 0.3 is 0 Å². The molecular weight excluding hydrogens is 637 g/mol. The van der Waals surface area contributed by atoms with Crippen LogP contribution in [0, 0.1) is 0 Å². The van der Waals surface area contributed by atoms with E-state index in [0.29, 0.717) is 0 Å². The minimum atomic E-state index is -1.81. The molecule has 14 nitrogen and oxygen atoms in total. The van der Waals surface area contributed by atoms with Crippen molar-refractivity contribution < 1.29 is 28.7 Å². The number of aliphatic hydroxyl groups is 1. The second kappa shape index (κ2) is 14.2. The number of H-pyrrole nitrogens is 1. The first-order valence-corrected chi connectivity index (χ1v) is 16.4. The summed E-state index contributed by atoms with van der Waals surface area (Å²) in [5.74, 6) is -0.0211. The second-order valence-corrected chi connectivity index (χ2v) is 12.3. The lowest BCUT2D eigenvalue weighted by Crippen LogP contribution is -2.55. The first kappa shape index (κ1) is 33.8. The number of rotatable bonds is 13. The van der Waals surface area contributed by atoms with E-state index in [0.717, 1.165) is 21.9 Å². The van der Waals surface area contributed by atoms with Crippen molar-refractivity contribution >= 4 is 25.6 Å². The molecule has 4 N–H and O–H groups in total. The molecule has 6 rings (SSSR count). The zero-order chi connectivity index (χ0) is 33.9. The van der Waals surface area contributed by atoms with E-state index >= 15 is 0 Å². The smallest absolute Gasteiger partial charge is 0.280 e. The number of nitrogens with one attached hydrogen (secondary N) is 1. The number of nitrogens with zero attached hydrogens (tertiary/aromatic N) is 5. The number of ether oxygens (including phenoxy) is 1. The van der Waals surface area contributed by atoms with Crippen LogP contribution in [0.15, 0.2) is 102 Å². The number of nitrogens with two attached hydrogens (primary N) is 1. The fourth-order valence-electron chi connectivity index (χ4n) is 6.58.